The van der Waals surface area contributed by atoms with Crippen LogP contribution in [-0.4, -0.2) is 34.1 Å². The van der Waals surface area contributed by atoms with Crippen molar-refractivity contribution in [3.63, 3.8) is 0 Å². The fourth-order valence-electron chi connectivity index (χ4n) is 5.22. The SMILES string of the molecule is C=C1CC[C@H](C(C)C)[C@@H]2[C@H]1[C@@H]1CC(=C)[C@@H](O)CC[C@@](C)(O)[C@@H]2O1. The third kappa shape index (κ3) is 2.92. The molecule has 23 heavy (non-hydrogen) atoms. The average Bonchev–Trinajstić information content (AvgIpc) is 2.86. The van der Waals surface area contributed by atoms with E-state index in [4.69, 9.17) is 4.74 Å². The van der Waals surface area contributed by atoms with Gasteiger partial charge in [-0.1, -0.05) is 32.6 Å². The summed E-state index contributed by atoms with van der Waals surface area (Å²) < 4.78 is 6.43. The normalized spacial score (nSPS) is 47.9. The summed E-state index contributed by atoms with van der Waals surface area (Å²) in [6.45, 7) is 14.9. The van der Waals surface area contributed by atoms with Crippen molar-refractivity contribution in [3.8, 4) is 0 Å². The second kappa shape index (κ2) is 6.02. The van der Waals surface area contributed by atoms with Gasteiger partial charge in [-0.2, -0.15) is 0 Å². The Morgan fingerprint density at radius 3 is 2.57 bits per heavy atom. The van der Waals surface area contributed by atoms with Gasteiger partial charge in [0, 0.05) is 5.92 Å². The van der Waals surface area contributed by atoms with Crippen LogP contribution in [0.15, 0.2) is 24.3 Å². The Morgan fingerprint density at radius 1 is 1.22 bits per heavy atom. The maximum Gasteiger partial charge on any atom is 0.0900 e. The zero-order chi connectivity index (χ0) is 16.9. The Balaban J connectivity index is 2.01. The summed E-state index contributed by atoms with van der Waals surface area (Å²) in [7, 11) is 0. The molecule has 0 spiro atoms. The van der Waals surface area contributed by atoms with E-state index in [0.29, 0.717) is 37.0 Å². The van der Waals surface area contributed by atoms with Crippen molar-refractivity contribution in [1.29, 1.82) is 0 Å². The van der Waals surface area contributed by atoms with Crippen LogP contribution in [0, 0.1) is 23.7 Å². The van der Waals surface area contributed by atoms with E-state index in [-0.39, 0.29) is 18.1 Å². The van der Waals surface area contributed by atoms with Crippen molar-refractivity contribution >= 4 is 0 Å². The smallest absolute Gasteiger partial charge is 0.0900 e. The maximum atomic E-state index is 11.1. The van der Waals surface area contributed by atoms with Crippen molar-refractivity contribution in [2.45, 2.75) is 76.8 Å². The van der Waals surface area contributed by atoms with Gasteiger partial charge in [0.05, 0.1) is 23.9 Å². The first kappa shape index (κ1) is 17.2. The van der Waals surface area contributed by atoms with E-state index in [1.54, 1.807) is 0 Å². The van der Waals surface area contributed by atoms with E-state index in [2.05, 4.69) is 27.0 Å². The van der Waals surface area contributed by atoms with Crippen LogP contribution < -0.4 is 0 Å². The molecule has 3 fully saturated rings. The van der Waals surface area contributed by atoms with Crippen LogP contribution in [0.25, 0.3) is 0 Å². The molecule has 2 bridgehead atoms. The molecule has 2 saturated heterocycles. The van der Waals surface area contributed by atoms with Crippen molar-refractivity contribution < 1.29 is 14.9 Å². The van der Waals surface area contributed by atoms with Crippen LogP contribution in [0.2, 0.25) is 0 Å². The highest BCUT2D eigenvalue weighted by Crippen LogP contribution is 2.54. The van der Waals surface area contributed by atoms with Crippen LogP contribution in [-0.2, 0) is 4.74 Å². The molecule has 3 rings (SSSR count). The number of hydrogen-bond donors (Lipinski definition) is 2. The van der Waals surface area contributed by atoms with Gasteiger partial charge in [-0.25, -0.2) is 0 Å². The van der Waals surface area contributed by atoms with Crippen LogP contribution in [0.1, 0.15) is 52.9 Å². The molecule has 3 aliphatic rings. The second-order valence-corrected chi connectivity index (χ2v) is 8.58. The predicted octanol–water partition coefficient (Wildman–Crippen LogP) is 3.46. The van der Waals surface area contributed by atoms with Gasteiger partial charge in [0.25, 0.3) is 0 Å². The van der Waals surface area contributed by atoms with E-state index in [1.807, 2.05) is 6.92 Å². The lowest BCUT2D eigenvalue weighted by molar-refractivity contribution is -0.117. The highest BCUT2D eigenvalue weighted by Gasteiger charge is 2.56. The Bertz CT molecular complexity index is 493. The van der Waals surface area contributed by atoms with Gasteiger partial charge >= 0.3 is 0 Å². The Hall–Kier alpha value is -0.640. The first-order chi connectivity index (χ1) is 10.7. The van der Waals surface area contributed by atoms with Gasteiger partial charge in [0.1, 0.15) is 0 Å². The molecule has 3 heteroatoms. The first-order valence-electron chi connectivity index (χ1n) is 9.13. The Labute approximate surface area is 140 Å². The molecule has 2 aliphatic heterocycles. The highest BCUT2D eigenvalue weighted by atomic mass is 16.5. The van der Waals surface area contributed by atoms with Crippen molar-refractivity contribution in [1.82, 2.24) is 0 Å². The van der Waals surface area contributed by atoms with Crippen molar-refractivity contribution in [3.05, 3.63) is 24.3 Å². The predicted molar refractivity (Wildman–Crippen MR) is 92.0 cm³/mol. The molecule has 130 valence electrons. The number of aliphatic hydroxyl groups is 2. The summed E-state index contributed by atoms with van der Waals surface area (Å²) >= 11 is 0. The van der Waals surface area contributed by atoms with Crippen LogP contribution in [0.3, 0.4) is 0 Å². The van der Waals surface area contributed by atoms with E-state index < -0.39 is 11.7 Å². The number of hydrogen-bond acceptors (Lipinski definition) is 3. The molecule has 0 amide bonds. The summed E-state index contributed by atoms with van der Waals surface area (Å²) in [5.41, 5.74) is 1.19. The van der Waals surface area contributed by atoms with Crippen molar-refractivity contribution in [2.75, 3.05) is 0 Å². The third-order valence-corrected chi connectivity index (χ3v) is 6.58. The lowest BCUT2D eigenvalue weighted by Crippen LogP contribution is -2.48. The summed E-state index contributed by atoms with van der Waals surface area (Å²) in [5, 5.41) is 21.4. The molecule has 0 radical (unpaired) electrons. The zero-order valence-corrected chi connectivity index (χ0v) is 14.8. The lowest BCUT2D eigenvalue weighted by atomic mass is 9.61. The molecule has 0 aromatic rings. The topological polar surface area (TPSA) is 49.7 Å². The van der Waals surface area contributed by atoms with Crippen molar-refractivity contribution in [2.24, 2.45) is 23.7 Å². The molecule has 1 saturated carbocycles. The molecule has 2 N–H and O–H groups in total. The quantitative estimate of drug-likeness (QED) is 0.728. The average molecular weight is 320 g/mol. The van der Waals surface area contributed by atoms with Gasteiger partial charge in [0.2, 0.25) is 0 Å². The van der Waals surface area contributed by atoms with Crippen LogP contribution >= 0.6 is 0 Å². The zero-order valence-electron chi connectivity index (χ0n) is 14.8. The maximum absolute atomic E-state index is 11.1. The van der Waals surface area contributed by atoms with E-state index >= 15 is 0 Å². The van der Waals surface area contributed by atoms with Gasteiger partial charge in [-0.3, -0.25) is 0 Å². The molecular formula is C20H32O3. The van der Waals surface area contributed by atoms with Gasteiger partial charge in [-0.15, -0.1) is 0 Å². The van der Waals surface area contributed by atoms with Crippen LogP contribution in [0.5, 0.6) is 0 Å². The first-order valence-corrected chi connectivity index (χ1v) is 9.13. The molecule has 0 aromatic carbocycles. The fraction of sp³-hybridized carbons (Fsp3) is 0.800. The standard InChI is InChI=1S/C20H32O3/c1-11(2)14-7-6-12(3)17-16-10-13(4)15(21)8-9-20(5,22)19(23-16)18(14)17/h11,14-19,21-22H,3-4,6-10H2,1-2,5H3/t14-,15+,16+,17-,18-,19-,20-/m1/s1. The summed E-state index contributed by atoms with van der Waals surface area (Å²) in [4.78, 5) is 0. The summed E-state index contributed by atoms with van der Waals surface area (Å²) in [6, 6.07) is 0. The van der Waals surface area contributed by atoms with Gasteiger partial charge in [-0.05, 0) is 62.4 Å². The number of aliphatic hydroxyl groups excluding tert-OH is 1. The fourth-order valence-corrected chi connectivity index (χ4v) is 5.22. The minimum Gasteiger partial charge on any atom is -0.389 e. The number of rotatable bonds is 1. The van der Waals surface area contributed by atoms with E-state index in [0.717, 1.165) is 18.4 Å². The molecule has 0 unspecified atom stereocenters. The highest BCUT2D eigenvalue weighted by molar-refractivity contribution is 5.20. The minimum atomic E-state index is -0.909. The van der Waals surface area contributed by atoms with E-state index in [1.165, 1.54) is 5.57 Å². The Morgan fingerprint density at radius 2 is 1.91 bits per heavy atom. The monoisotopic (exact) mass is 320 g/mol. The molecular weight excluding hydrogens is 288 g/mol. The Kier molecular flexibility index (Phi) is 4.50. The number of ether oxygens (including phenoxy) is 1. The lowest BCUT2D eigenvalue weighted by Gasteiger charge is -2.44. The number of fused-ring (bicyclic) bond motifs is 5. The molecule has 2 heterocycles. The summed E-state index contributed by atoms with van der Waals surface area (Å²) in [6.07, 6.45) is 3.27. The van der Waals surface area contributed by atoms with E-state index in [9.17, 15) is 10.2 Å². The van der Waals surface area contributed by atoms with Gasteiger partial charge in [0.15, 0.2) is 0 Å². The molecule has 7 atom stereocenters. The second-order valence-electron chi connectivity index (χ2n) is 8.58. The third-order valence-electron chi connectivity index (χ3n) is 6.58. The molecule has 3 nitrogen and oxygen atoms in total. The van der Waals surface area contributed by atoms with Gasteiger partial charge < -0.3 is 14.9 Å². The molecule has 0 aromatic heterocycles. The molecule has 1 aliphatic carbocycles. The summed E-state index contributed by atoms with van der Waals surface area (Å²) in [5.74, 6) is 1.76. The minimum absolute atomic E-state index is 0.00535. The largest absolute Gasteiger partial charge is 0.389 e. The van der Waals surface area contributed by atoms with Crippen LogP contribution in [0.4, 0.5) is 0 Å².